The Labute approximate surface area is 178 Å². The summed E-state index contributed by atoms with van der Waals surface area (Å²) in [6, 6.07) is 22.4. The number of hydrogen-bond donors (Lipinski definition) is 0. The minimum atomic E-state index is -0.0947. The zero-order valence-corrected chi connectivity index (χ0v) is 16.7. The molecule has 0 amide bonds. The van der Waals surface area contributed by atoms with E-state index in [1.54, 1.807) is 0 Å². The molecule has 0 N–H and O–H groups in total. The summed E-state index contributed by atoms with van der Waals surface area (Å²) >= 11 is 0. The van der Waals surface area contributed by atoms with Gasteiger partial charge in [-0.25, -0.2) is 0 Å². The van der Waals surface area contributed by atoms with Crippen LogP contribution in [0.15, 0.2) is 78.9 Å². The van der Waals surface area contributed by atoms with E-state index in [1.807, 2.05) is 12.1 Å². The standard InChI is InChI=1S/C30H16O/c31-23-13-17-11-12-30-14-21(18-3-1-2-4-22(18)30)19-9-7-16-6-5-15-8-10-20(23)27-24(15)25(16)28(19)29(30)26(17)27/h1-13,21H,14H2/t21-,30+/m1/s1. The van der Waals surface area contributed by atoms with Crippen LogP contribution in [-0.2, 0) is 5.41 Å². The van der Waals surface area contributed by atoms with E-state index < -0.39 is 0 Å². The lowest BCUT2D eigenvalue weighted by atomic mass is 9.61. The number of benzene rings is 5. The quantitative estimate of drug-likeness (QED) is 0.263. The van der Waals surface area contributed by atoms with Gasteiger partial charge < -0.3 is 0 Å². The first kappa shape index (κ1) is 15.1. The first-order chi connectivity index (χ1) is 15.3. The molecular weight excluding hydrogens is 376 g/mol. The molecule has 9 rings (SSSR count). The summed E-state index contributed by atoms with van der Waals surface area (Å²) in [5.41, 5.74) is 9.00. The van der Waals surface area contributed by atoms with Crippen molar-refractivity contribution in [2.24, 2.45) is 0 Å². The van der Waals surface area contributed by atoms with E-state index in [1.165, 1.54) is 60.1 Å². The highest BCUT2D eigenvalue weighted by Gasteiger charge is 2.52. The van der Waals surface area contributed by atoms with Gasteiger partial charge in [-0.05, 0) is 78.9 Å². The third-order valence-electron chi connectivity index (χ3n) is 8.50. The summed E-state index contributed by atoms with van der Waals surface area (Å²) in [7, 11) is 0. The van der Waals surface area contributed by atoms with Crippen LogP contribution in [0.3, 0.4) is 0 Å². The second-order valence-corrected chi connectivity index (χ2v) is 9.64. The van der Waals surface area contributed by atoms with Gasteiger partial charge in [0.25, 0.3) is 0 Å². The molecule has 5 aromatic rings. The summed E-state index contributed by atoms with van der Waals surface area (Å²) in [6.07, 6.45) is 7.59. The van der Waals surface area contributed by atoms with Crippen LogP contribution in [0.4, 0.5) is 0 Å². The lowest BCUT2D eigenvalue weighted by Gasteiger charge is -2.41. The van der Waals surface area contributed by atoms with Crippen molar-refractivity contribution in [1.29, 1.82) is 0 Å². The molecule has 0 fully saturated rings. The fourth-order valence-corrected chi connectivity index (χ4v) is 7.42. The molecule has 0 aliphatic heterocycles. The first-order valence-electron chi connectivity index (χ1n) is 11.1. The molecule has 1 nitrogen and oxygen atoms in total. The van der Waals surface area contributed by atoms with Crippen LogP contribution < -0.4 is 0 Å². The largest absolute Gasteiger partial charge is 0.289 e. The maximum Gasteiger partial charge on any atom is 0.187 e. The maximum absolute atomic E-state index is 13.1. The Morgan fingerprint density at radius 2 is 1.55 bits per heavy atom. The van der Waals surface area contributed by atoms with E-state index in [-0.39, 0.29) is 11.2 Å². The average molecular weight is 392 g/mol. The summed E-state index contributed by atoms with van der Waals surface area (Å²) in [4.78, 5) is 13.1. The Morgan fingerprint density at radius 3 is 2.45 bits per heavy atom. The Morgan fingerprint density at radius 1 is 0.774 bits per heavy atom. The Bertz CT molecular complexity index is 1780. The Hall–Kier alpha value is -3.71. The van der Waals surface area contributed by atoms with Crippen LogP contribution >= 0.6 is 0 Å². The molecule has 5 aromatic carbocycles. The Kier molecular flexibility index (Phi) is 2.19. The molecule has 1 spiro atoms. The SMILES string of the molecule is O=C1C=C2C=C[C@]34C[C@H](c5ccccc53)c3ccc5ccc6ccc1c1c2c4c3c5c61. The van der Waals surface area contributed by atoms with Crippen molar-refractivity contribution in [3.05, 3.63) is 112 Å². The number of carbonyl (C=O) groups is 1. The Balaban J connectivity index is 1.68. The van der Waals surface area contributed by atoms with Gasteiger partial charge in [-0.1, -0.05) is 66.7 Å². The van der Waals surface area contributed by atoms with Gasteiger partial charge in [0.1, 0.15) is 0 Å². The minimum absolute atomic E-state index is 0.0947. The molecule has 31 heavy (non-hydrogen) atoms. The minimum Gasteiger partial charge on any atom is -0.289 e. The van der Waals surface area contributed by atoms with E-state index >= 15 is 0 Å². The number of rotatable bonds is 0. The first-order valence-corrected chi connectivity index (χ1v) is 11.1. The number of ketones is 1. The van der Waals surface area contributed by atoms with E-state index in [0.717, 1.165) is 17.6 Å². The van der Waals surface area contributed by atoms with Crippen molar-refractivity contribution in [1.82, 2.24) is 0 Å². The maximum atomic E-state index is 13.1. The highest BCUT2D eigenvalue weighted by atomic mass is 16.1. The zero-order chi connectivity index (χ0) is 20.1. The molecule has 0 aromatic heterocycles. The second kappa shape index (κ2) is 4.48. The molecule has 0 saturated carbocycles. The van der Waals surface area contributed by atoms with Crippen LogP contribution in [0.1, 0.15) is 50.5 Å². The van der Waals surface area contributed by atoms with Crippen molar-refractivity contribution in [2.45, 2.75) is 17.8 Å². The molecule has 2 bridgehead atoms. The number of allylic oxidation sites excluding steroid dienone is 4. The van der Waals surface area contributed by atoms with E-state index in [9.17, 15) is 4.79 Å². The van der Waals surface area contributed by atoms with Gasteiger partial charge in [-0.2, -0.15) is 0 Å². The van der Waals surface area contributed by atoms with Gasteiger partial charge in [0.2, 0.25) is 0 Å². The summed E-state index contributed by atoms with van der Waals surface area (Å²) < 4.78 is 0. The second-order valence-electron chi connectivity index (χ2n) is 9.64. The highest BCUT2D eigenvalue weighted by Crippen LogP contribution is 2.64. The predicted molar refractivity (Wildman–Crippen MR) is 125 cm³/mol. The predicted octanol–water partition coefficient (Wildman–Crippen LogP) is 6.87. The highest BCUT2D eigenvalue weighted by molar-refractivity contribution is 6.34. The van der Waals surface area contributed by atoms with Crippen molar-refractivity contribution in [3.8, 4) is 0 Å². The van der Waals surface area contributed by atoms with Crippen molar-refractivity contribution in [3.63, 3.8) is 0 Å². The van der Waals surface area contributed by atoms with Crippen LogP contribution in [0, 0.1) is 0 Å². The summed E-state index contributed by atoms with van der Waals surface area (Å²) in [5.74, 6) is 0.564. The van der Waals surface area contributed by atoms with Crippen LogP contribution in [-0.4, -0.2) is 5.78 Å². The lowest BCUT2D eigenvalue weighted by Crippen LogP contribution is -2.30. The molecule has 0 heterocycles. The number of hydrogen-bond acceptors (Lipinski definition) is 1. The molecule has 1 heteroatoms. The van der Waals surface area contributed by atoms with Gasteiger partial charge in [-0.15, -0.1) is 0 Å². The average Bonchev–Trinajstić information content (AvgIpc) is 3.09. The van der Waals surface area contributed by atoms with Gasteiger partial charge in [0.05, 0.1) is 0 Å². The topological polar surface area (TPSA) is 17.1 Å². The van der Waals surface area contributed by atoms with Gasteiger partial charge in [0, 0.05) is 22.3 Å². The summed E-state index contributed by atoms with van der Waals surface area (Å²) in [5, 5.41) is 7.78. The number of fused-ring (bicyclic) bond motifs is 1. The zero-order valence-electron chi connectivity index (χ0n) is 16.7. The molecule has 4 aliphatic carbocycles. The van der Waals surface area contributed by atoms with Crippen LogP contribution in [0.2, 0.25) is 0 Å². The van der Waals surface area contributed by atoms with Crippen molar-refractivity contribution < 1.29 is 4.79 Å². The molecule has 0 unspecified atom stereocenters. The summed E-state index contributed by atoms with van der Waals surface area (Å²) in [6.45, 7) is 0. The molecule has 2 atom stereocenters. The molecular formula is C30H16O. The third kappa shape index (κ3) is 1.40. The molecule has 0 saturated heterocycles. The van der Waals surface area contributed by atoms with Crippen LogP contribution in [0.5, 0.6) is 0 Å². The fourth-order valence-electron chi connectivity index (χ4n) is 7.42. The molecule has 142 valence electrons. The van der Waals surface area contributed by atoms with Gasteiger partial charge in [-0.3, -0.25) is 4.79 Å². The smallest absolute Gasteiger partial charge is 0.187 e. The van der Waals surface area contributed by atoms with E-state index in [0.29, 0.717) is 5.92 Å². The fraction of sp³-hybridized carbons (Fsp3) is 0.100. The normalized spacial score (nSPS) is 23.9. The molecule has 0 radical (unpaired) electrons. The van der Waals surface area contributed by atoms with E-state index in [4.69, 9.17) is 0 Å². The third-order valence-corrected chi connectivity index (χ3v) is 8.50. The number of carbonyl (C=O) groups excluding carboxylic acids is 1. The van der Waals surface area contributed by atoms with E-state index in [2.05, 4.69) is 66.7 Å². The monoisotopic (exact) mass is 392 g/mol. The molecule has 4 aliphatic rings. The van der Waals surface area contributed by atoms with Gasteiger partial charge in [0.15, 0.2) is 5.78 Å². The van der Waals surface area contributed by atoms with Gasteiger partial charge >= 0.3 is 0 Å². The van der Waals surface area contributed by atoms with Crippen LogP contribution in [0.25, 0.3) is 37.9 Å². The lowest BCUT2D eigenvalue weighted by molar-refractivity contribution is 0.104. The van der Waals surface area contributed by atoms with Crippen molar-refractivity contribution in [2.75, 3.05) is 0 Å². The van der Waals surface area contributed by atoms with Crippen molar-refractivity contribution >= 4 is 43.7 Å².